The first-order chi connectivity index (χ1) is 8.97. The average Bonchev–Trinajstić information content (AvgIpc) is 2.91. The van der Waals surface area contributed by atoms with E-state index < -0.39 is 0 Å². The quantitative estimate of drug-likeness (QED) is 0.894. The fraction of sp³-hybridized carbons (Fsp3) is 0.417. The van der Waals surface area contributed by atoms with Crippen LogP contribution in [0.4, 0.5) is 5.82 Å². The van der Waals surface area contributed by atoms with E-state index in [0.29, 0.717) is 11.7 Å². The van der Waals surface area contributed by atoms with Crippen molar-refractivity contribution in [2.24, 2.45) is 0 Å². The second kappa shape index (κ2) is 5.40. The van der Waals surface area contributed by atoms with E-state index in [9.17, 15) is 9.59 Å². The number of H-pyrrole nitrogens is 1. The molecule has 0 aliphatic heterocycles. The number of aromatic amines is 1. The molecule has 0 saturated carbocycles. The lowest BCUT2D eigenvalue weighted by Gasteiger charge is -2.04. The first-order valence-electron chi connectivity index (χ1n) is 5.97. The molecule has 2 heterocycles. The highest BCUT2D eigenvalue weighted by atomic mass is 32.1. The molecule has 0 fully saturated rings. The predicted molar refractivity (Wildman–Crippen MR) is 74.6 cm³/mol. The van der Waals surface area contributed by atoms with Gasteiger partial charge in [0.25, 0.3) is 0 Å². The van der Waals surface area contributed by atoms with Gasteiger partial charge in [-0.1, -0.05) is 25.2 Å². The van der Waals surface area contributed by atoms with Gasteiger partial charge in [0.1, 0.15) is 6.54 Å². The number of carbonyl (C=O) groups excluding carboxylic acids is 1. The normalized spacial score (nSPS) is 10.9. The Kier molecular flexibility index (Phi) is 3.84. The number of nitrogens with one attached hydrogen (secondary N) is 2. The second-order valence-corrected chi connectivity index (χ2v) is 5.46. The number of aromatic nitrogens is 3. The lowest BCUT2D eigenvalue weighted by molar-refractivity contribution is -0.116. The summed E-state index contributed by atoms with van der Waals surface area (Å²) in [6, 6.07) is 1.80. The molecule has 0 aromatic carbocycles. The van der Waals surface area contributed by atoms with Crippen LogP contribution in [0.15, 0.2) is 16.2 Å². The summed E-state index contributed by atoms with van der Waals surface area (Å²) >= 11 is 1.09. The number of rotatable bonds is 4. The molecule has 0 saturated heterocycles. The van der Waals surface area contributed by atoms with E-state index in [1.54, 1.807) is 18.4 Å². The number of anilines is 1. The van der Waals surface area contributed by atoms with Crippen molar-refractivity contribution in [2.45, 2.75) is 33.2 Å². The van der Waals surface area contributed by atoms with Crippen molar-refractivity contribution < 1.29 is 4.79 Å². The van der Waals surface area contributed by atoms with Gasteiger partial charge in [0.15, 0.2) is 5.82 Å². The average molecular weight is 280 g/mol. The molecular weight excluding hydrogens is 264 g/mol. The van der Waals surface area contributed by atoms with Crippen LogP contribution in [0, 0.1) is 6.92 Å². The maximum Gasteiger partial charge on any atom is 0.307 e. The summed E-state index contributed by atoms with van der Waals surface area (Å²) < 4.78 is 1.44. The van der Waals surface area contributed by atoms with Crippen LogP contribution in [0.1, 0.15) is 31.2 Å². The smallest absolute Gasteiger partial charge is 0.307 e. The number of nitrogens with zero attached hydrogens (tertiary/aromatic N) is 2. The standard InChI is InChI=1S/C12H16N4O2S/c1-7(2)9-4-10(15-14-9)13-11(17)5-16-8(3)6-19-12(16)18/h4,6-7H,5H2,1-3H3,(H2,13,14,15,17). The van der Waals surface area contributed by atoms with Crippen molar-refractivity contribution in [3.05, 3.63) is 32.5 Å². The number of amides is 1. The van der Waals surface area contributed by atoms with Crippen LogP contribution in [-0.4, -0.2) is 20.7 Å². The van der Waals surface area contributed by atoms with E-state index in [-0.39, 0.29) is 17.3 Å². The van der Waals surface area contributed by atoms with E-state index in [4.69, 9.17) is 0 Å². The van der Waals surface area contributed by atoms with Gasteiger partial charge in [0, 0.05) is 22.8 Å². The highest BCUT2D eigenvalue weighted by Gasteiger charge is 2.11. The van der Waals surface area contributed by atoms with Crippen molar-refractivity contribution in [3.63, 3.8) is 0 Å². The zero-order valence-electron chi connectivity index (χ0n) is 11.1. The lowest BCUT2D eigenvalue weighted by atomic mass is 10.1. The minimum Gasteiger partial charge on any atom is -0.308 e. The lowest BCUT2D eigenvalue weighted by Crippen LogP contribution is -2.25. The first-order valence-corrected chi connectivity index (χ1v) is 6.85. The highest BCUT2D eigenvalue weighted by molar-refractivity contribution is 7.07. The Morgan fingerprint density at radius 2 is 2.32 bits per heavy atom. The largest absolute Gasteiger partial charge is 0.308 e. The molecule has 2 aromatic rings. The van der Waals surface area contributed by atoms with Gasteiger partial charge in [-0.25, -0.2) is 0 Å². The number of carbonyl (C=O) groups is 1. The molecular formula is C12H16N4O2S. The van der Waals surface area contributed by atoms with Crippen molar-refractivity contribution >= 4 is 23.1 Å². The molecule has 19 heavy (non-hydrogen) atoms. The van der Waals surface area contributed by atoms with Crippen LogP contribution < -0.4 is 10.2 Å². The summed E-state index contributed by atoms with van der Waals surface area (Å²) in [5.41, 5.74) is 1.74. The summed E-state index contributed by atoms with van der Waals surface area (Å²) in [5, 5.41) is 11.3. The molecule has 0 radical (unpaired) electrons. The van der Waals surface area contributed by atoms with Crippen molar-refractivity contribution in [1.29, 1.82) is 0 Å². The summed E-state index contributed by atoms with van der Waals surface area (Å²) in [7, 11) is 0. The first kappa shape index (κ1) is 13.5. The van der Waals surface area contributed by atoms with E-state index >= 15 is 0 Å². The van der Waals surface area contributed by atoms with Crippen LogP contribution in [0.3, 0.4) is 0 Å². The van der Waals surface area contributed by atoms with Gasteiger partial charge in [-0.3, -0.25) is 19.3 Å². The molecule has 1 amide bonds. The topological polar surface area (TPSA) is 79.8 Å². The fourth-order valence-corrected chi connectivity index (χ4v) is 2.35. The zero-order valence-corrected chi connectivity index (χ0v) is 11.9. The minimum atomic E-state index is -0.259. The Morgan fingerprint density at radius 1 is 1.58 bits per heavy atom. The van der Waals surface area contributed by atoms with Gasteiger partial charge in [-0.2, -0.15) is 5.10 Å². The monoisotopic (exact) mass is 280 g/mol. The Hall–Kier alpha value is -1.89. The van der Waals surface area contributed by atoms with Gasteiger partial charge in [-0.05, 0) is 12.8 Å². The molecule has 0 bridgehead atoms. The zero-order chi connectivity index (χ0) is 14.0. The van der Waals surface area contributed by atoms with E-state index in [1.165, 1.54) is 4.57 Å². The van der Waals surface area contributed by atoms with E-state index in [1.807, 2.05) is 13.8 Å². The van der Waals surface area contributed by atoms with Crippen LogP contribution in [0.25, 0.3) is 0 Å². The molecule has 0 aliphatic carbocycles. The molecule has 2 aromatic heterocycles. The SMILES string of the molecule is Cc1csc(=O)n1CC(=O)Nc1cc(C(C)C)[nH]n1. The summed E-state index contributed by atoms with van der Waals surface area (Å²) in [6.07, 6.45) is 0. The Bertz CT molecular complexity index is 638. The van der Waals surface area contributed by atoms with Crippen LogP contribution in [0.2, 0.25) is 0 Å². The molecule has 0 aliphatic rings. The van der Waals surface area contributed by atoms with Crippen molar-refractivity contribution in [1.82, 2.24) is 14.8 Å². The molecule has 7 heteroatoms. The molecule has 2 rings (SSSR count). The maximum atomic E-state index is 11.8. The molecule has 0 spiro atoms. The number of aryl methyl sites for hydroxylation is 1. The number of hydrogen-bond donors (Lipinski definition) is 2. The Labute approximate surface area is 114 Å². The van der Waals surface area contributed by atoms with Crippen LogP contribution in [0.5, 0.6) is 0 Å². The minimum absolute atomic E-state index is 0.0119. The van der Waals surface area contributed by atoms with Gasteiger partial charge < -0.3 is 5.32 Å². The third kappa shape index (κ3) is 3.11. The fourth-order valence-electron chi connectivity index (χ4n) is 1.62. The van der Waals surface area contributed by atoms with E-state index in [2.05, 4.69) is 15.5 Å². The molecule has 102 valence electrons. The Balaban J connectivity index is 2.03. The van der Waals surface area contributed by atoms with Crippen LogP contribution >= 0.6 is 11.3 Å². The Morgan fingerprint density at radius 3 is 2.84 bits per heavy atom. The molecule has 0 atom stereocenters. The van der Waals surface area contributed by atoms with Gasteiger partial charge in [0.05, 0.1) is 0 Å². The van der Waals surface area contributed by atoms with Gasteiger partial charge in [0.2, 0.25) is 5.91 Å². The summed E-state index contributed by atoms with van der Waals surface area (Å²) in [4.78, 5) is 23.2. The molecule has 6 nitrogen and oxygen atoms in total. The van der Waals surface area contributed by atoms with E-state index in [0.717, 1.165) is 22.7 Å². The van der Waals surface area contributed by atoms with Crippen LogP contribution in [-0.2, 0) is 11.3 Å². The third-order valence-electron chi connectivity index (χ3n) is 2.77. The number of hydrogen-bond acceptors (Lipinski definition) is 4. The highest BCUT2D eigenvalue weighted by Crippen LogP contribution is 2.14. The maximum absolute atomic E-state index is 11.8. The summed E-state index contributed by atoms with van der Waals surface area (Å²) in [5.74, 6) is 0.542. The summed E-state index contributed by atoms with van der Waals surface area (Å²) in [6.45, 7) is 5.88. The van der Waals surface area contributed by atoms with Crippen molar-refractivity contribution in [2.75, 3.05) is 5.32 Å². The molecule has 0 unspecified atom stereocenters. The second-order valence-electron chi connectivity index (χ2n) is 4.64. The van der Waals surface area contributed by atoms with Gasteiger partial charge in [-0.15, -0.1) is 0 Å². The number of thiazole rings is 1. The molecule has 2 N–H and O–H groups in total. The van der Waals surface area contributed by atoms with Gasteiger partial charge >= 0.3 is 4.87 Å². The van der Waals surface area contributed by atoms with Crippen molar-refractivity contribution in [3.8, 4) is 0 Å². The predicted octanol–water partition coefficient (Wildman–Crippen LogP) is 1.70. The third-order valence-corrected chi connectivity index (χ3v) is 3.65.